The van der Waals surface area contributed by atoms with Crippen LogP contribution in [0, 0.1) is 0 Å². The van der Waals surface area contributed by atoms with Gasteiger partial charge in [0.05, 0.1) is 6.61 Å². The van der Waals surface area contributed by atoms with Gasteiger partial charge in [0.15, 0.2) is 36.8 Å². The van der Waals surface area contributed by atoms with Gasteiger partial charge in [0.2, 0.25) is 12.4 Å². The summed E-state index contributed by atoms with van der Waals surface area (Å²) in [6.07, 6.45) is -15.6. The number of carbonyl (C=O) groups is 8. The van der Waals surface area contributed by atoms with Crippen LogP contribution in [0.15, 0.2) is 0 Å². The summed E-state index contributed by atoms with van der Waals surface area (Å²) in [5.74, 6) is -6.93. The van der Waals surface area contributed by atoms with Gasteiger partial charge in [-0.2, -0.15) is 0 Å². The van der Waals surface area contributed by atoms with Gasteiger partial charge in [0, 0.05) is 55.4 Å². The summed E-state index contributed by atoms with van der Waals surface area (Å²) in [6, 6.07) is 0. The second kappa shape index (κ2) is 17.5. The second-order valence-electron chi connectivity index (χ2n) is 10.3. The van der Waals surface area contributed by atoms with E-state index in [0.29, 0.717) is 0 Å². The van der Waals surface area contributed by atoms with Gasteiger partial charge < -0.3 is 52.1 Å². The first-order valence-electron chi connectivity index (χ1n) is 14.2. The molecule has 19 heteroatoms. The van der Waals surface area contributed by atoms with Crippen LogP contribution in [-0.2, 0) is 90.5 Å². The summed E-state index contributed by atoms with van der Waals surface area (Å²) >= 11 is 0. The highest BCUT2D eigenvalue weighted by molar-refractivity contribution is 5.70. The summed E-state index contributed by atoms with van der Waals surface area (Å²) in [7, 11) is 0. The molecule has 0 amide bonds. The summed E-state index contributed by atoms with van der Waals surface area (Å²) < 4.78 is 59.8. The lowest BCUT2D eigenvalue weighted by Crippen LogP contribution is -2.65. The third-order valence-electron chi connectivity index (χ3n) is 6.15. The fourth-order valence-corrected chi connectivity index (χ4v) is 4.76. The van der Waals surface area contributed by atoms with Crippen molar-refractivity contribution < 1.29 is 90.5 Å². The van der Waals surface area contributed by atoms with E-state index in [1.165, 1.54) is 0 Å². The number of carbonyl (C=O) groups excluding carboxylic acids is 8. The average Bonchev–Trinajstić information content (AvgIpc) is 2.91. The van der Waals surface area contributed by atoms with Gasteiger partial charge in [0.25, 0.3) is 0 Å². The maximum Gasteiger partial charge on any atom is 0.305 e. The summed E-state index contributed by atoms with van der Waals surface area (Å²) in [6.45, 7) is 7.09. The van der Waals surface area contributed by atoms with Crippen LogP contribution in [0.2, 0.25) is 0 Å². The second-order valence-corrected chi connectivity index (χ2v) is 10.3. The predicted octanol–water partition coefficient (Wildman–Crippen LogP) is -0.831. The van der Waals surface area contributed by atoms with Gasteiger partial charge >= 0.3 is 47.8 Å². The van der Waals surface area contributed by atoms with Crippen molar-refractivity contribution >= 4 is 47.8 Å². The van der Waals surface area contributed by atoms with Gasteiger partial charge in [-0.25, -0.2) is 0 Å². The number of esters is 8. The predicted molar refractivity (Wildman–Crippen MR) is 145 cm³/mol. The first-order chi connectivity index (χ1) is 21.9. The Labute approximate surface area is 268 Å². The van der Waals surface area contributed by atoms with Gasteiger partial charge in [-0.15, -0.1) is 0 Å². The van der Waals surface area contributed by atoms with Crippen LogP contribution < -0.4 is 0 Å². The quantitative estimate of drug-likeness (QED) is 0.181. The molecule has 47 heavy (non-hydrogen) atoms. The molecule has 19 nitrogen and oxygen atoms in total. The lowest BCUT2D eigenvalue weighted by Gasteiger charge is -2.46. The van der Waals surface area contributed by atoms with E-state index in [4.69, 9.17) is 52.1 Å². The van der Waals surface area contributed by atoms with Crippen molar-refractivity contribution in [1.82, 2.24) is 0 Å². The minimum Gasteiger partial charge on any atom is -0.463 e. The Morgan fingerprint density at radius 1 is 0.383 bits per heavy atom. The van der Waals surface area contributed by atoms with Crippen molar-refractivity contribution in [1.29, 1.82) is 0 Å². The molecule has 2 saturated heterocycles. The first kappa shape index (κ1) is 38.8. The summed E-state index contributed by atoms with van der Waals surface area (Å²) in [5, 5.41) is 0. The van der Waals surface area contributed by atoms with Crippen LogP contribution in [0.5, 0.6) is 0 Å². The topological polar surface area (TPSA) is 238 Å². The van der Waals surface area contributed by atoms with Gasteiger partial charge in [-0.05, 0) is 0 Å². The number of hydrogen-bond acceptors (Lipinski definition) is 19. The number of ether oxygens (including phenoxy) is 11. The number of rotatable bonds is 12. The Balaban J connectivity index is 2.56. The van der Waals surface area contributed by atoms with Crippen LogP contribution in [0.4, 0.5) is 0 Å². The normalized spacial score (nSPS) is 30.0. The van der Waals surface area contributed by atoms with Gasteiger partial charge in [-0.3, -0.25) is 38.4 Å². The molecule has 0 aromatic rings. The molecule has 10 atom stereocenters. The van der Waals surface area contributed by atoms with E-state index in [2.05, 4.69) is 0 Å². The van der Waals surface area contributed by atoms with E-state index in [-0.39, 0.29) is 0 Å². The maximum atomic E-state index is 12.1. The zero-order valence-electron chi connectivity index (χ0n) is 26.9. The molecule has 0 unspecified atom stereocenters. The molecule has 264 valence electrons. The molecule has 0 aromatic heterocycles. The molecule has 0 aromatic carbocycles. The third kappa shape index (κ3) is 12.1. The van der Waals surface area contributed by atoms with Crippen LogP contribution in [0.1, 0.15) is 55.4 Å². The first-order valence-corrected chi connectivity index (χ1v) is 14.2. The average molecular weight is 679 g/mol. The fraction of sp³-hybridized carbons (Fsp3) is 0.714. The third-order valence-corrected chi connectivity index (χ3v) is 6.15. The molecular weight excluding hydrogens is 640 g/mol. The monoisotopic (exact) mass is 678 g/mol. The summed E-state index contributed by atoms with van der Waals surface area (Å²) in [4.78, 5) is 95.9. The molecular formula is C28H38O19. The van der Waals surface area contributed by atoms with E-state index in [1.54, 1.807) is 0 Å². The van der Waals surface area contributed by atoms with Crippen molar-refractivity contribution in [2.45, 2.75) is 117 Å². The van der Waals surface area contributed by atoms with Gasteiger partial charge in [-0.1, -0.05) is 0 Å². The Kier molecular flexibility index (Phi) is 14.5. The summed E-state index contributed by atoms with van der Waals surface area (Å²) in [5.41, 5.74) is 0. The zero-order valence-corrected chi connectivity index (χ0v) is 26.9. The Morgan fingerprint density at radius 3 is 1.09 bits per heavy atom. The molecule has 2 aliphatic heterocycles. The van der Waals surface area contributed by atoms with E-state index in [0.717, 1.165) is 55.4 Å². The highest BCUT2D eigenvalue weighted by Gasteiger charge is 2.56. The molecule has 2 aliphatic rings. The van der Waals surface area contributed by atoms with E-state index < -0.39 is 122 Å². The Hall–Kier alpha value is -4.36. The minimum atomic E-state index is -1.71. The van der Waals surface area contributed by atoms with Crippen LogP contribution >= 0.6 is 0 Å². The van der Waals surface area contributed by atoms with E-state index in [9.17, 15) is 38.4 Å². The van der Waals surface area contributed by atoms with E-state index in [1.807, 2.05) is 0 Å². The van der Waals surface area contributed by atoms with Crippen LogP contribution in [0.25, 0.3) is 0 Å². The lowest BCUT2D eigenvalue weighted by atomic mass is 9.97. The molecule has 0 radical (unpaired) electrons. The fourth-order valence-electron chi connectivity index (χ4n) is 4.76. The molecule has 2 fully saturated rings. The molecule has 0 aliphatic carbocycles. The largest absolute Gasteiger partial charge is 0.463 e. The Bertz CT molecular complexity index is 1200. The van der Waals surface area contributed by atoms with Crippen LogP contribution in [0.3, 0.4) is 0 Å². The standard InChI is InChI=1S/C28H38O19/c1-11(29)37-9-19-21(39-12(2)30)23(41-14(4)32)25(43-16(6)34)27(46-19)38-10-20-22(40-13(3)31)24(42-15(5)33)26(44-17(7)35)28(47-20)45-18(8)36/h19-28H,9-10H2,1-8H3/t19-,20+,21+,22-,23-,24-,25-,26-,27+,28+/m0/s1. The molecule has 0 spiro atoms. The Morgan fingerprint density at radius 2 is 0.702 bits per heavy atom. The molecule has 2 rings (SSSR count). The molecule has 0 N–H and O–H groups in total. The zero-order chi connectivity index (χ0) is 35.6. The van der Waals surface area contributed by atoms with Crippen molar-refractivity contribution in [3.63, 3.8) is 0 Å². The smallest absolute Gasteiger partial charge is 0.305 e. The van der Waals surface area contributed by atoms with Crippen molar-refractivity contribution in [3.8, 4) is 0 Å². The van der Waals surface area contributed by atoms with Crippen molar-refractivity contribution in [2.75, 3.05) is 13.2 Å². The van der Waals surface area contributed by atoms with Crippen molar-refractivity contribution in [2.24, 2.45) is 0 Å². The van der Waals surface area contributed by atoms with Crippen LogP contribution in [-0.4, -0.2) is 122 Å². The number of hydrogen-bond donors (Lipinski definition) is 0. The molecule has 0 saturated carbocycles. The minimum absolute atomic E-state index is 0.541. The van der Waals surface area contributed by atoms with E-state index >= 15 is 0 Å². The highest BCUT2D eigenvalue weighted by atomic mass is 16.8. The molecule has 0 bridgehead atoms. The van der Waals surface area contributed by atoms with Crippen molar-refractivity contribution in [3.05, 3.63) is 0 Å². The highest BCUT2D eigenvalue weighted by Crippen LogP contribution is 2.33. The van der Waals surface area contributed by atoms with Gasteiger partial charge in [0.1, 0.15) is 18.8 Å². The maximum absolute atomic E-state index is 12.1. The SMILES string of the molecule is CC(=O)OC[C@@H]1O[C@@H](OC[C@H]2O[C@@H](OC(C)=O)[C@@H](OC(C)=O)[C@@H](OC(C)=O)[C@H]2OC(C)=O)[C@@H](OC(C)=O)[C@@H](OC(C)=O)[C@@H]1OC(C)=O. The lowest BCUT2D eigenvalue weighted by molar-refractivity contribution is -0.331. The molecule has 2 heterocycles.